The Kier molecular flexibility index (Phi) is 4.79. The van der Waals surface area contributed by atoms with Crippen LogP contribution in [-0.4, -0.2) is 23.2 Å². The lowest BCUT2D eigenvalue weighted by molar-refractivity contribution is 0.123. The number of hydrogen-bond acceptors (Lipinski definition) is 3. The van der Waals surface area contributed by atoms with Gasteiger partial charge >= 0.3 is 6.03 Å². The van der Waals surface area contributed by atoms with E-state index in [1.165, 1.54) is 4.90 Å². The van der Waals surface area contributed by atoms with E-state index in [4.69, 9.17) is 9.62 Å². The first-order valence-electron chi connectivity index (χ1n) is 6.61. The van der Waals surface area contributed by atoms with Crippen molar-refractivity contribution in [1.29, 1.82) is 0 Å². The second-order valence-electron chi connectivity index (χ2n) is 4.69. The number of furan rings is 1. The number of urea groups is 1. The highest BCUT2D eigenvalue weighted by molar-refractivity contribution is 5.73. The molecule has 0 bridgehead atoms. The van der Waals surface area contributed by atoms with Gasteiger partial charge in [-0.25, -0.2) is 10.3 Å². The van der Waals surface area contributed by atoms with Gasteiger partial charge in [0.05, 0.1) is 6.04 Å². The summed E-state index contributed by atoms with van der Waals surface area (Å²) in [4.78, 5) is 12.7. The minimum Gasteiger partial charge on any atom is -0.460 e. The first-order chi connectivity index (χ1) is 10.1. The maximum Gasteiger partial charge on any atom is 0.341 e. The van der Waals surface area contributed by atoms with Crippen molar-refractivity contribution in [2.24, 2.45) is 0 Å². The van der Waals surface area contributed by atoms with Crippen LogP contribution in [0, 0.1) is 0 Å². The van der Waals surface area contributed by atoms with E-state index in [9.17, 15) is 4.79 Å². The summed E-state index contributed by atoms with van der Waals surface area (Å²) in [6, 6.07) is 12.7. The van der Waals surface area contributed by atoms with Gasteiger partial charge in [-0.2, -0.15) is 0 Å². The number of rotatable bonds is 4. The van der Waals surface area contributed by atoms with Gasteiger partial charge in [0.1, 0.15) is 11.5 Å². The molecule has 0 radical (unpaired) electrons. The van der Waals surface area contributed by atoms with Crippen LogP contribution < -0.4 is 5.48 Å². The molecule has 5 nitrogen and oxygen atoms in total. The molecule has 0 aliphatic carbocycles. The standard InChI is InChI=1S/C16H18N2O3/c1-12(18(2)16(19)17-20)15-11-10-14(21-15)9-8-13-6-4-3-5-7-13/h3-12,20H,1-2H3,(H,17,19). The summed E-state index contributed by atoms with van der Waals surface area (Å²) in [6.07, 6.45) is 3.83. The molecule has 1 atom stereocenters. The molecule has 2 rings (SSSR count). The van der Waals surface area contributed by atoms with Crippen LogP contribution in [0.5, 0.6) is 0 Å². The molecule has 0 fully saturated rings. The zero-order chi connectivity index (χ0) is 15.2. The summed E-state index contributed by atoms with van der Waals surface area (Å²) in [6.45, 7) is 1.82. The average Bonchev–Trinajstić information content (AvgIpc) is 3.00. The predicted octanol–water partition coefficient (Wildman–Crippen LogP) is 3.54. The molecule has 0 aliphatic rings. The molecule has 0 saturated carbocycles. The maximum atomic E-state index is 11.4. The summed E-state index contributed by atoms with van der Waals surface area (Å²) in [7, 11) is 1.58. The third kappa shape index (κ3) is 3.73. The Morgan fingerprint density at radius 2 is 1.95 bits per heavy atom. The van der Waals surface area contributed by atoms with E-state index in [0.717, 1.165) is 5.56 Å². The van der Waals surface area contributed by atoms with Gasteiger partial charge in [0.15, 0.2) is 0 Å². The fourth-order valence-corrected chi connectivity index (χ4v) is 1.87. The molecular weight excluding hydrogens is 268 g/mol. The van der Waals surface area contributed by atoms with Crippen LogP contribution in [0.15, 0.2) is 46.9 Å². The highest BCUT2D eigenvalue weighted by Crippen LogP contribution is 2.22. The largest absolute Gasteiger partial charge is 0.460 e. The van der Waals surface area contributed by atoms with E-state index in [1.807, 2.05) is 61.5 Å². The van der Waals surface area contributed by atoms with Gasteiger partial charge in [-0.15, -0.1) is 0 Å². The molecule has 1 heterocycles. The first-order valence-corrected chi connectivity index (χ1v) is 6.61. The number of nitrogens with one attached hydrogen (secondary N) is 1. The quantitative estimate of drug-likeness (QED) is 0.667. The van der Waals surface area contributed by atoms with E-state index in [2.05, 4.69) is 0 Å². The summed E-state index contributed by atoms with van der Waals surface area (Å²) in [5.41, 5.74) is 2.68. The number of nitrogens with zero attached hydrogens (tertiary/aromatic N) is 1. The van der Waals surface area contributed by atoms with Crippen LogP contribution in [0.4, 0.5) is 4.79 Å². The number of carbonyl (C=O) groups is 1. The van der Waals surface area contributed by atoms with Crippen LogP contribution in [-0.2, 0) is 0 Å². The van der Waals surface area contributed by atoms with Crippen molar-refractivity contribution in [3.63, 3.8) is 0 Å². The third-order valence-corrected chi connectivity index (χ3v) is 3.30. The molecule has 1 aromatic carbocycles. The van der Waals surface area contributed by atoms with Crippen molar-refractivity contribution in [2.45, 2.75) is 13.0 Å². The maximum absolute atomic E-state index is 11.4. The molecule has 0 aliphatic heterocycles. The van der Waals surface area contributed by atoms with Crippen LogP contribution in [0.25, 0.3) is 12.2 Å². The summed E-state index contributed by atoms with van der Waals surface area (Å²) >= 11 is 0. The highest BCUT2D eigenvalue weighted by atomic mass is 16.5. The fourth-order valence-electron chi connectivity index (χ4n) is 1.87. The predicted molar refractivity (Wildman–Crippen MR) is 80.6 cm³/mol. The molecule has 21 heavy (non-hydrogen) atoms. The lowest BCUT2D eigenvalue weighted by atomic mass is 10.2. The number of amides is 2. The van der Waals surface area contributed by atoms with E-state index < -0.39 is 6.03 Å². The van der Waals surface area contributed by atoms with Crippen molar-refractivity contribution in [1.82, 2.24) is 10.4 Å². The average molecular weight is 286 g/mol. The Morgan fingerprint density at radius 3 is 2.62 bits per heavy atom. The van der Waals surface area contributed by atoms with Gasteiger partial charge in [-0.3, -0.25) is 5.21 Å². The van der Waals surface area contributed by atoms with E-state index in [-0.39, 0.29) is 6.04 Å². The summed E-state index contributed by atoms with van der Waals surface area (Å²) in [5, 5.41) is 8.63. The molecule has 110 valence electrons. The van der Waals surface area contributed by atoms with Crippen LogP contribution in [0.2, 0.25) is 0 Å². The van der Waals surface area contributed by atoms with Crippen LogP contribution >= 0.6 is 0 Å². The fraction of sp³-hybridized carbons (Fsp3) is 0.188. The normalized spacial score (nSPS) is 12.3. The van der Waals surface area contributed by atoms with Crippen molar-refractivity contribution in [2.75, 3.05) is 7.05 Å². The van der Waals surface area contributed by atoms with Crippen molar-refractivity contribution in [3.8, 4) is 0 Å². The topological polar surface area (TPSA) is 65.7 Å². The molecule has 1 unspecified atom stereocenters. The highest BCUT2D eigenvalue weighted by Gasteiger charge is 2.19. The monoisotopic (exact) mass is 286 g/mol. The molecule has 2 N–H and O–H groups in total. The molecular formula is C16H18N2O3. The van der Waals surface area contributed by atoms with Gasteiger partial charge in [0.25, 0.3) is 0 Å². The molecule has 0 spiro atoms. The second kappa shape index (κ2) is 6.76. The van der Waals surface area contributed by atoms with Gasteiger partial charge in [0.2, 0.25) is 0 Å². The first kappa shape index (κ1) is 14.9. The molecule has 2 aromatic rings. The Bertz CT molecular complexity index is 619. The third-order valence-electron chi connectivity index (χ3n) is 3.30. The SMILES string of the molecule is CC(c1ccc(C=Cc2ccccc2)o1)N(C)C(=O)NO. The zero-order valence-corrected chi connectivity index (χ0v) is 12.0. The lowest BCUT2D eigenvalue weighted by Gasteiger charge is -2.21. The minimum atomic E-state index is -0.583. The van der Waals surface area contributed by atoms with Crippen molar-refractivity contribution < 1.29 is 14.4 Å². The zero-order valence-electron chi connectivity index (χ0n) is 12.0. The van der Waals surface area contributed by atoms with Crippen LogP contribution in [0.3, 0.4) is 0 Å². The number of benzene rings is 1. The Labute approximate surface area is 123 Å². The van der Waals surface area contributed by atoms with E-state index >= 15 is 0 Å². The number of hydrogen-bond donors (Lipinski definition) is 2. The number of carbonyl (C=O) groups excluding carboxylic acids is 1. The lowest BCUT2D eigenvalue weighted by Crippen LogP contribution is -2.36. The second-order valence-corrected chi connectivity index (χ2v) is 4.69. The van der Waals surface area contributed by atoms with Crippen LogP contribution in [0.1, 0.15) is 30.0 Å². The van der Waals surface area contributed by atoms with Gasteiger partial charge < -0.3 is 9.32 Å². The van der Waals surface area contributed by atoms with Crippen molar-refractivity contribution >= 4 is 18.2 Å². The summed E-state index contributed by atoms with van der Waals surface area (Å²) < 4.78 is 5.69. The summed E-state index contributed by atoms with van der Waals surface area (Å²) in [5.74, 6) is 1.35. The number of hydroxylamine groups is 1. The van der Waals surface area contributed by atoms with Gasteiger partial charge in [-0.05, 0) is 30.7 Å². The molecule has 1 aromatic heterocycles. The Hall–Kier alpha value is -2.53. The minimum absolute atomic E-state index is 0.281. The van der Waals surface area contributed by atoms with E-state index in [1.54, 1.807) is 12.5 Å². The molecule has 2 amide bonds. The van der Waals surface area contributed by atoms with Gasteiger partial charge in [0, 0.05) is 7.05 Å². The Balaban J connectivity index is 2.08. The molecule has 0 saturated heterocycles. The molecule has 5 heteroatoms. The Morgan fingerprint density at radius 1 is 1.24 bits per heavy atom. The van der Waals surface area contributed by atoms with Gasteiger partial charge in [-0.1, -0.05) is 36.4 Å². The smallest absolute Gasteiger partial charge is 0.341 e. The van der Waals surface area contributed by atoms with E-state index in [0.29, 0.717) is 11.5 Å². The van der Waals surface area contributed by atoms with Crippen molar-refractivity contribution in [3.05, 3.63) is 59.5 Å².